The summed E-state index contributed by atoms with van der Waals surface area (Å²) in [6.07, 6.45) is 2.84. The normalized spacial score (nSPS) is 9.89. The van der Waals surface area contributed by atoms with E-state index in [1.807, 2.05) is 0 Å². The minimum absolute atomic E-state index is 0.00373. The van der Waals surface area contributed by atoms with E-state index in [0.717, 1.165) is 0 Å². The maximum absolute atomic E-state index is 11.3. The number of nitro groups is 1. The molecular weight excluding hydrogens is 250 g/mol. The zero-order valence-electron chi connectivity index (χ0n) is 9.89. The fraction of sp³-hybridized carbons (Fsp3) is 0.182. The van der Waals surface area contributed by atoms with E-state index in [9.17, 15) is 14.9 Å². The van der Waals surface area contributed by atoms with Crippen molar-refractivity contribution in [3.05, 3.63) is 56.5 Å². The van der Waals surface area contributed by atoms with Gasteiger partial charge in [0.15, 0.2) is 0 Å². The maximum atomic E-state index is 11.3. The van der Waals surface area contributed by atoms with Crippen LogP contribution in [0.1, 0.15) is 5.56 Å². The first-order chi connectivity index (χ1) is 9.13. The Labute approximate surface area is 108 Å². The topological polar surface area (TPSA) is 121 Å². The van der Waals surface area contributed by atoms with Crippen molar-refractivity contribution >= 4 is 17.7 Å². The minimum atomic E-state index is -0.490. The zero-order valence-corrected chi connectivity index (χ0v) is 9.89. The lowest BCUT2D eigenvalue weighted by Gasteiger charge is -1.97. The van der Waals surface area contributed by atoms with Crippen molar-refractivity contribution in [1.82, 2.24) is 5.32 Å². The van der Waals surface area contributed by atoms with Crippen LogP contribution in [-0.4, -0.2) is 23.9 Å². The van der Waals surface area contributed by atoms with Gasteiger partial charge in [-0.1, -0.05) is 5.11 Å². The summed E-state index contributed by atoms with van der Waals surface area (Å²) in [5.74, 6) is -0.327. The molecular formula is C11H11N5O3. The molecule has 1 rings (SSSR count). The van der Waals surface area contributed by atoms with E-state index in [1.54, 1.807) is 12.1 Å². The van der Waals surface area contributed by atoms with Gasteiger partial charge in [-0.05, 0) is 29.3 Å². The molecule has 0 atom stereocenters. The summed E-state index contributed by atoms with van der Waals surface area (Å²) in [5, 5.41) is 16.2. The highest BCUT2D eigenvalue weighted by molar-refractivity contribution is 5.91. The number of non-ortho nitro benzene ring substituents is 1. The molecule has 8 heteroatoms. The van der Waals surface area contributed by atoms with Crippen LogP contribution in [0.2, 0.25) is 0 Å². The molecule has 0 aromatic heterocycles. The van der Waals surface area contributed by atoms with Gasteiger partial charge < -0.3 is 5.32 Å². The Morgan fingerprint density at radius 3 is 2.74 bits per heavy atom. The Morgan fingerprint density at radius 1 is 1.47 bits per heavy atom. The number of amides is 1. The van der Waals surface area contributed by atoms with Crippen molar-refractivity contribution < 1.29 is 9.72 Å². The Morgan fingerprint density at radius 2 is 2.16 bits per heavy atom. The molecule has 0 fully saturated rings. The van der Waals surface area contributed by atoms with Crippen LogP contribution >= 0.6 is 0 Å². The van der Waals surface area contributed by atoms with Crippen molar-refractivity contribution in [3.8, 4) is 0 Å². The van der Waals surface area contributed by atoms with Gasteiger partial charge in [0.2, 0.25) is 5.91 Å². The fourth-order valence-electron chi connectivity index (χ4n) is 1.21. The molecule has 8 nitrogen and oxygen atoms in total. The summed E-state index contributed by atoms with van der Waals surface area (Å²) >= 11 is 0. The third kappa shape index (κ3) is 5.33. The molecule has 0 aliphatic rings. The van der Waals surface area contributed by atoms with Gasteiger partial charge in [-0.25, -0.2) is 0 Å². The number of nitro benzene ring substituents is 1. The standard InChI is InChI=1S/C11H11N5O3/c12-15-14-8-7-13-11(17)6-3-9-1-4-10(5-2-9)16(18)19/h1-6H,7-8H2,(H,13,17)/b6-3+. The largest absolute Gasteiger partial charge is 0.352 e. The number of benzene rings is 1. The van der Waals surface area contributed by atoms with E-state index in [-0.39, 0.29) is 24.7 Å². The summed E-state index contributed by atoms with van der Waals surface area (Å²) in [6, 6.07) is 5.81. The van der Waals surface area contributed by atoms with E-state index >= 15 is 0 Å². The van der Waals surface area contributed by atoms with Crippen LogP contribution in [0.15, 0.2) is 35.5 Å². The van der Waals surface area contributed by atoms with E-state index < -0.39 is 4.92 Å². The molecule has 98 valence electrons. The number of carbonyl (C=O) groups excluding carboxylic acids is 1. The SMILES string of the molecule is [N-]=[N+]=NCCNC(=O)/C=C/c1ccc([N+](=O)[O-])cc1. The number of rotatable bonds is 6. The Bertz CT molecular complexity index is 532. The summed E-state index contributed by atoms with van der Waals surface area (Å²) in [7, 11) is 0. The monoisotopic (exact) mass is 261 g/mol. The van der Waals surface area contributed by atoms with Crippen molar-refractivity contribution in [2.45, 2.75) is 0 Å². The van der Waals surface area contributed by atoms with Crippen LogP contribution in [0.3, 0.4) is 0 Å². The second-order valence-corrected chi connectivity index (χ2v) is 3.43. The van der Waals surface area contributed by atoms with Gasteiger partial charge in [0.1, 0.15) is 0 Å². The van der Waals surface area contributed by atoms with Crippen molar-refractivity contribution in [3.63, 3.8) is 0 Å². The number of azide groups is 1. The number of hydrogen-bond donors (Lipinski definition) is 1. The molecule has 0 bridgehead atoms. The highest BCUT2D eigenvalue weighted by Gasteiger charge is 2.02. The molecule has 0 saturated heterocycles. The van der Waals surface area contributed by atoms with Crippen LogP contribution in [0.4, 0.5) is 5.69 Å². The van der Waals surface area contributed by atoms with Crippen LogP contribution in [-0.2, 0) is 4.79 Å². The lowest BCUT2D eigenvalue weighted by atomic mass is 10.2. The van der Waals surface area contributed by atoms with Crippen LogP contribution < -0.4 is 5.32 Å². The van der Waals surface area contributed by atoms with Gasteiger partial charge in [-0.15, -0.1) is 0 Å². The average molecular weight is 261 g/mol. The van der Waals surface area contributed by atoms with Gasteiger partial charge in [-0.3, -0.25) is 14.9 Å². The van der Waals surface area contributed by atoms with Crippen molar-refractivity contribution in [2.75, 3.05) is 13.1 Å². The third-order valence-corrected chi connectivity index (χ3v) is 2.11. The minimum Gasteiger partial charge on any atom is -0.352 e. The number of carbonyl (C=O) groups is 1. The zero-order chi connectivity index (χ0) is 14.1. The van der Waals surface area contributed by atoms with Crippen LogP contribution in [0.25, 0.3) is 16.5 Å². The van der Waals surface area contributed by atoms with Gasteiger partial charge >= 0.3 is 0 Å². The summed E-state index contributed by atoms with van der Waals surface area (Å²) in [6.45, 7) is 0.446. The molecule has 1 aromatic carbocycles. The highest BCUT2D eigenvalue weighted by Crippen LogP contribution is 2.12. The van der Waals surface area contributed by atoms with Gasteiger partial charge in [0, 0.05) is 36.2 Å². The number of nitrogens with zero attached hydrogens (tertiary/aromatic N) is 4. The molecule has 1 aromatic rings. The Hall–Kier alpha value is -2.86. The number of hydrogen-bond acceptors (Lipinski definition) is 4. The van der Waals surface area contributed by atoms with Crippen molar-refractivity contribution in [2.24, 2.45) is 5.11 Å². The molecule has 0 aliphatic heterocycles. The quantitative estimate of drug-likeness (QED) is 0.160. The van der Waals surface area contributed by atoms with Gasteiger partial charge in [0.05, 0.1) is 4.92 Å². The van der Waals surface area contributed by atoms with Crippen molar-refractivity contribution in [1.29, 1.82) is 0 Å². The first-order valence-electron chi connectivity index (χ1n) is 5.34. The van der Waals surface area contributed by atoms with Gasteiger partial charge in [0.25, 0.3) is 5.69 Å². The molecule has 19 heavy (non-hydrogen) atoms. The van der Waals surface area contributed by atoms with E-state index in [2.05, 4.69) is 15.3 Å². The summed E-state index contributed by atoms with van der Waals surface area (Å²) < 4.78 is 0. The molecule has 0 saturated carbocycles. The average Bonchev–Trinajstić information content (AvgIpc) is 2.42. The Balaban J connectivity index is 2.49. The smallest absolute Gasteiger partial charge is 0.269 e. The third-order valence-electron chi connectivity index (χ3n) is 2.11. The van der Waals surface area contributed by atoms with Crippen LogP contribution in [0, 0.1) is 10.1 Å². The second kappa shape index (κ2) is 7.46. The number of nitrogens with one attached hydrogen (secondary N) is 1. The van der Waals surface area contributed by atoms with E-state index in [0.29, 0.717) is 5.56 Å². The van der Waals surface area contributed by atoms with E-state index in [4.69, 9.17) is 5.53 Å². The summed E-state index contributed by atoms with van der Waals surface area (Å²) in [4.78, 5) is 23.8. The molecule has 0 unspecified atom stereocenters. The molecule has 1 N–H and O–H groups in total. The first kappa shape index (κ1) is 14.2. The lowest BCUT2D eigenvalue weighted by molar-refractivity contribution is -0.384. The summed E-state index contributed by atoms with van der Waals surface area (Å²) in [5.41, 5.74) is 8.70. The molecule has 0 aliphatic carbocycles. The van der Waals surface area contributed by atoms with E-state index in [1.165, 1.54) is 24.3 Å². The second-order valence-electron chi connectivity index (χ2n) is 3.43. The maximum Gasteiger partial charge on any atom is 0.269 e. The van der Waals surface area contributed by atoms with Crippen LogP contribution in [0.5, 0.6) is 0 Å². The van der Waals surface area contributed by atoms with Gasteiger partial charge in [-0.2, -0.15) is 0 Å². The predicted molar refractivity (Wildman–Crippen MR) is 69.2 cm³/mol. The highest BCUT2D eigenvalue weighted by atomic mass is 16.6. The lowest BCUT2D eigenvalue weighted by Crippen LogP contribution is -2.23. The Kier molecular flexibility index (Phi) is 5.58. The fourth-order valence-corrected chi connectivity index (χ4v) is 1.21. The molecule has 0 radical (unpaired) electrons. The first-order valence-corrected chi connectivity index (χ1v) is 5.34. The molecule has 0 heterocycles. The molecule has 0 spiro atoms. The predicted octanol–water partition coefficient (Wildman–Crippen LogP) is 2.03. The molecule has 1 amide bonds.